The van der Waals surface area contributed by atoms with E-state index < -0.39 is 16.9 Å². The zero-order chi connectivity index (χ0) is 13.7. The minimum absolute atomic E-state index is 0.0655. The van der Waals surface area contributed by atoms with E-state index in [1.54, 1.807) is 0 Å². The molecule has 0 atom stereocenters. The number of carbonyl (C=O) groups is 2. The number of methoxy groups -OCH3 is 1. The first-order chi connectivity index (χ1) is 8.45. The lowest BCUT2D eigenvalue weighted by atomic mass is 10.1. The number of esters is 2. The SMILES string of the molecule is COC(=O)c1ccc(COC(C)=O)c([N+](=O)[O-])c1. The van der Waals surface area contributed by atoms with Crippen molar-refractivity contribution in [3.05, 3.63) is 39.4 Å². The van der Waals surface area contributed by atoms with Crippen LogP contribution in [0, 0.1) is 10.1 Å². The Morgan fingerprint density at radius 1 is 1.39 bits per heavy atom. The summed E-state index contributed by atoms with van der Waals surface area (Å²) in [5.41, 5.74) is -0.0159. The summed E-state index contributed by atoms with van der Waals surface area (Å²) in [5.74, 6) is -1.21. The lowest BCUT2D eigenvalue weighted by Crippen LogP contribution is -2.06. The number of benzene rings is 1. The lowest BCUT2D eigenvalue weighted by molar-refractivity contribution is -0.385. The third-order valence-electron chi connectivity index (χ3n) is 2.13. The monoisotopic (exact) mass is 253 g/mol. The fourth-order valence-electron chi connectivity index (χ4n) is 1.28. The van der Waals surface area contributed by atoms with Gasteiger partial charge in [-0.2, -0.15) is 0 Å². The third-order valence-corrected chi connectivity index (χ3v) is 2.13. The molecule has 7 nitrogen and oxygen atoms in total. The average molecular weight is 253 g/mol. The Balaban J connectivity index is 3.08. The van der Waals surface area contributed by atoms with Crippen LogP contribution in [0.1, 0.15) is 22.8 Å². The van der Waals surface area contributed by atoms with Gasteiger partial charge >= 0.3 is 11.9 Å². The van der Waals surface area contributed by atoms with Gasteiger partial charge < -0.3 is 9.47 Å². The molecule has 0 N–H and O–H groups in total. The number of nitro benzene ring substituents is 1. The van der Waals surface area contributed by atoms with Crippen LogP contribution in [-0.4, -0.2) is 24.0 Å². The van der Waals surface area contributed by atoms with Crippen molar-refractivity contribution in [2.75, 3.05) is 7.11 Å². The topological polar surface area (TPSA) is 95.7 Å². The van der Waals surface area contributed by atoms with Crippen molar-refractivity contribution in [3.8, 4) is 0 Å². The van der Waals surface area contributed by atoms with Crippen LogP contribution >= 0.6 is 0 Å². The highest BCUT2D eigenvalue weighted by atomic mass is 16.6. The van der Waals surface area contributed by atoms with Gasteiger partial charge in [-0.3, -0.25) is 14.9 Å². The van der Waals surface area contributed by atoms with Crippen LogP contribution in [-0.2, 0) is 20.9 Å². The van der Waals surface area contributed by atoms with Gasteiger partial charge in [0.1, 0.15) is 6.61 Å². The van der Waals surface area contributed by atoms with Crippen molar-refractivity contribution in [1.29, 1.82) is 0 Å². The van der Waals surface area contributed by atoms with Gasteiger partial charge in [-0.05, 0) is 12.1 Å². The molecule has 0 fully saturated rings. The molecule has 0 bridgehead atoms. The quantitative estimate of drug-likeness (QED) is 0.457. The van der Waals surface area contributed by atoms with E-state index in [4.69, 9.17) is 0 Å². The van der Waals surface area contributed by atoms with E-state index in [0.717, 1.165) is 6.07 Å². The normalized spacial score (nSPS) is 9.67. The number of nitro groups is 1. The Kier molecular flexibility index (Phi) is 4.36. The molecular weight excluding hydrogens is 242 g/mol. The maximum absolute atomic E-state index is 11.2. The number of hydrogen-bond acceptors (Lipinski definition) is 6. The predicted octanol–water partition coefficient (Wildman–Crippen LogP) is 1.44. The first-order valence-corrected chi connectivity index (χ1v) is 4.94. The van der Waals surface area contributed by atoms with Crippen LogP contribution in [0.25, 0.3) is 0 Å². The van der Waals surface area contributed by atoms with Crippen LogP contribution in [0.5, 0.6) is 0 Å². The zero-order valence-corrected chi connectivity index (χ0v) is 9.84. The van der Waals surface area contributed by atoms with E-state index in [9.17, 15) is 19.7 Å². The van der Waals surface area contributed by atoms with Crippen molar-refractivity contribution < 1.29 is 24.0 Å². The van der Waals surface area contributed by atoms with Crippen molar-refractivity contribution >= 4 is 17.6 Å². The molecule has 1 aromatic rings. The van der Waals surface area contributed by atoms with Gasteiger partial charge in [-0.1, -0.05) is 0 Å². The Morgan fingerprint density at radius 3 is 2.56 bits per heavy atom. The lowest BCUT2D eigenvalue weighted by Gasteiger charge is -2.05. The van der Waals surface area contributed by atoms with Gasteiger partial charge in [0.05, 0.1) is 23.2 Å². The number of carbonyl (C=O) groups excluding carboxylic acids is 2. The highest BCUT2D eigenvalue weighted by Gasteiger charge is 2.18. The molecule has 7 heteroatoms. The molecule has 0 saturated heterocycles. The molecule has 0 aliphatic rings. The van der Waals surface area contributed by atoms with Gasteiger partial charge in [-0.25, -0.2) is 4.79 Å². The standard InChI is InChI=1S/C11H11NO6/c1-7(13)18-6-9-4-3-8(11(14)17-2)5-10(9)12(15)16/h3-5H,6H2,1-2H3. The van der Waals surface area contributed by atoms with E-state index in [1.807, 2.05) is 0 Å². The van der Waals surface area contributed by atoms with E-state index in [-0.39, 0.29) is 23.4 Å². The van der Waals surface area contributed by atoms with Gasteiger partial charge in [0.15, 0.2) is 0 Å². The molecule has 18 heavy (non-hydrogen) atoms. The van der Waals surface area contributed by atoms with Gasteiger partial charge in [0.2, 0.25) is 0 Å². The molecular formula is C11H11NO6. The Bertz CT molecular complexity index is 496. The molecule has 0 aliphatic heterocycles. The summed E-state index contributed by atoms with van der Waals surface area (Å²) in [4.78, 5) is 32.1. The Labute approximate surface area is 102 Å². The maximum atomic E-state index is 11.2. The summed E-state index contributed by atoms with van der Waals surface area (Å²) in [6.07, 6.45) is 0. The number of rotatable bonds is 4. The van der Waals surface area contributed by atoms with E-state index in [0.29, 0.717) is 0 Å². The van der Waals surface area contributed by atoms with Gasteiger partial charge in [0, 0.05) is 13.0 Å². The molecule has 0 saturated carbocycles. The highest BCUT2D eigenvalue weighted by molar-refractivity contribution is 5.90. The van der Waals surface area contributed by atoms with E-state index in [1.165, 1.54) is 26.2 Å². The molecule has 0 radical (unpaired) electrons. The Morgan fingerprint density at radius 2 is 2.06 bits per heavy atom. The molecule has 1 rings (SSSR count). The summed E-state index contributed by atoms with van der Waals surface area (Å²) in [7, 11) is 1.18. The molecule has 0 spiro atoms. The number of hydrogen-bond donors (Lipinski definition) is 0. The van der Waals surface area contributed by atoms with Crippen LogP contribution in [0.2, 0.25) is 0 Å². The second kappa shape index (κ2) is 5.76. The molecule has 0 amide bonds. The molecule has 0 heterocycles. The molecule has 96 valence electrons. The number of nitrogens with zero attached hydrogens (tertiary/aromatic N) is 1. The zero-order valence-electron chi connectivity index (χ0n) is 9.84. The summed E-state index contributed by atoms with van der Waals surface area (Å²) in [6, 6.07) is 3.82. The second-order valence-corrected chi connectivity index (χ2v) is 3.37. The van der Waals surface area contributed by atoms with Crippen LogP contribution in [0.3, 0.4) is 0 Å². The summed E-state index contributed by atoms with van der Waals surface area (Å²) in [5, 5.41) is 10.8. The first kappa shape index (κ1) is 13.6. The van der Waals surface area contributed by atoms with Gasteiger partial charge in [0.25, 0.3) is 5.69 Å². The first-order valence-electron chi connectivity index (χ1n) is 4.94. The average Bonchev–Trinajstić information content (AvgIpc) is 2.34. The van der Waals surface area contributed by atoms with E-state index >= 15 is 0 Å². The van der Waals surface area contributed by atoms with Crippen LogP contribution < -0.4 is 0 Å². The predicted molar refractivity (Wildman–Crippen MR) is 59.9 cm³/mol. The van der Waals surface area contributed by atoms with E-state index in [2.05, 4.69) is 9.47 Å². The molecule has 1 aromatic carbocycles. The number of ether oxygens (including phenoxy) is 2. The largest absolute Gasteiger partial charge is 0.465 e. The van der Waals surface area contributed by atoms with Crippen molar-refractivity contribution in [2.45, 2.75) is 13.5 Å². The molecule has 0 aromatic heterocycles. The highest BCUT2D eigenvalue weighted by Crippen LogP contribution is 2.21. The van der Waals surface area contributed by atoms with Gasteiger partial charge in [-0.15, -0.1) is 0 Å². The summed E-state index contributed by atoms with van der Waals surface area (Å²) in [6.45, 7) is 0.988. The fraction of sp³-hybridized carbons (Fsp3) is 0.273. The van der Waals surface area contributed by atoms with Crippen molar-refractivity contribution in [1.82, 2.24) is 0 Å². The van der Waals surface area contributed by atoms with Crippen molar-refractivity contribution in [3.63, 3.8) is 0 Å². The van der Waals surface area contributed by atoms with Crippen molar-refractivity contribution in [2.24, 2.45) is 0 Å². The Hall–Kier alpha value is -2.44. The minimum Gasteiger partial charge on any atom is -0.465 e. The minimum atomic E-state index is -0.669. The second-order valence-electron chi connectivity index (χ2n) is 3.37. The van der Waals surface area contributed by atoms with Crippen LogP contribution in [0.15, 0.2) is 18.2 Å². The smallest absolute Gasteiger partial charge is 0.338 e. The summed E-state index contributed by atoms with van der Waals surface area (Å²) < 4.78 is 9.15. The fourth-order valence-corrected chi connectivity index (χ4v) is 1.28. The molecule has 0 unspecified atom stereocenters. The molecule has 0 aliphatic carbocycles. The third kappa shape index (κ3) is 3.27. The van der Waals surface area contributed by atoms with Crippen LogP contribution in [0.4, 0.5) is 5.69 Å². The maximum Gasteiger partial charge on any atom is 0.338 e. The summed E-state index contributed by atoms with van der Waals surface area (Å²) >= 11 is 0.